The summed E-state index contributed by atoms with van der Waals surface area (Å²) in [4.78, 5) is 29.1. The Bertz CT molecular complexity index is 881. The third kappa shape index (κ3) is 3.50. The number of nitrogens with zero attached hydrogens (tertiary/aromatic N) is 1. The predicted octanol–water partition coefficient (Wildman–Crippen LogP) is 2.45. The first-order valence-corrected chi connectivity index (χ1v) is 7.60. The normalized spacial score (nSPS) is 19.0. The minimum absolute atomic E-state index is 0.192. The zero-order valence-electron chi connectivity index (χ0n) is 13.5. The molecule has 2 amide bonds. The van der Waals surface area contributed by atoms with Gasteiger partial charge in [-0.25, -0.2) is 4.39 Å². The maximum atomic E-state index is 13.3. The van der Waals surface area contributed by atoms with Crippen molar-refractivity contribution < 1.29 is 18.8 Å². The fourth-order valence-corrected chi connectivity index (χ4v) is 2.50. The Morgan fingerprint density at radius 1 is 1.24 bits per heavy atom. The van der Waals surface area contributed by atoms with Crippen molar-refractivity contribution in [2.45, 2.75) is 18.9 Å². The largest absolute Gasteiger partial charge is 0.379 e. The molecule has 2 aromatic carbocycles. The van der Waals surface area contributed by atoms with Gasteiger partial charge in [0.15, 0.2) is 0 Å². The number of benzene rings is 2. The van der Waals surface area contributed by atoms with Gasteiger partial charge in [0, 0.05) is 23.2 Å². The molecule has 1 heterocycles. The molecule has 2 aromatic rings. The van der Waals surface area contributed by atoms with Gasteiger partial charge in [0.1, 0.15) is 5.82 Å². The fraction of sp³-hybridized carbons (Fsp3) is 0.167. The Morgan fingerprint density at radius 2 is 2.00 bits per heavy atom. The first kappa shape index (κ1) is 16.6. The van der Waals surface area contributed by atoms with Crippen molar-refractivity contribution in [2.75, 3.05) is 5.32 Å². The minimum Gasteiger partial charge on any atom is -0.379 e. The topological polar surface area (TPSA) is 93.8 Å². The molecule has 0 spiro atoms. The molecule has 0 radical (unpaired) electrons. The smallest absolute Gasteiger partial charge is 0.271 e. The fourth-order valence-electron chi connectivity index (χ4n) is 2.50. The van der Waals surface area contributed by atoms with E-state index in [1.807, 2.05) is 0 Å². The highest BCUT2D eigenvalue weighted by Crippen LogP contribution is 2.28. The summed E-state index contributed by atoms with van der Waals surface area (Å²) in [5.41, 5.74) is 5.76. The maximum absolute atomic E-state index is 13.3. The minimum atomic E-state index is -1.23. The van der Waals surface area contributed by atoms with Crippen molar-refractivity contribution in [3.05, 3.63) is 65.5 Å². The summed E-state index contributed by atoms with van der Waals surface area (Å²) in [6.45, 7) is 1.59. The molecule has 25 heavy (non-hydrogen) atoms. The Kier molecular flexibility index (Phi) is 4.22. The van der Waals surface area contributed by atoms with Crippen LogP contribution in [-0.4, -0.2) is 23.1 Å². The van der Waals surface area contributed by atoms with Gasteiger partial charge in [-0.15, -0.1) is 0 Å². The molecular weight excluding hydrogens is 325 g/mol. The first-order valence-electron chi connectivity index (χ1n) is 7.60. The average molecular weight is 341 g/mol. The van der Waals surface area contributed by atoms with E-state index in [0.29, 0.717) is 17.0 Å². The zero-order valence-corrected chi connectivity index (χ0v) is 13.5. The lowest BCUT2D eigenvalue weighted by Crippen LogP contribution is -2.40. The van der Waals surface area contributed by atoms with E-state index in [4.69, 9.17) is 10.6 Å². The molecule has 0 aromatic heterocycles. The SMILES string of the molecule is C[C@@]1(C(=O)Nc2cccc(C(N)=O)c2)CC(c2cccc(F)c2)=NO1. The standard InChI is InChI=1S/C18H16FN3O3/c1-18(10-15(22-25-18)11-4-2-6-13(19)8-11)17(24)21-14-7-3-5-12(9-14)16(20)23/h2-9H,10H2,1H3,(H2,20,23)(H,21,24)/t18-/m0/s1. The summed E-state index contributed by atoms with van der Waals surface area (Å²) in [6, 6.07) is 12.2. The van der Waals surface area contributed by atoms with Crippen molar-refractivity contribution >= 4 is 23.2 Å². The highest BCUT2D eigenvalue weighted by atomic mass is 19.1. The number of carbonyl (C=O) groups excluding carboxylic acids is 2. The van der Waals surface area contributed by atoms with Crippen LogP contribution in [-0.2, 0) is 9.63 Å². The van der Waals surface area contributed by atoms with Crippen LogP contribution in [0.5, 0.6) is 0 Å². The molecule has 3 N–H and O–H groups in total. The first-order chi connectivity index (χ1) is 11.9. The summed E-state index contributed by atoms with van der Waals surface area (Å²) in [5, 5.41) is 6.61. The van der Waals surface area contributed by atoms with Crippen molar-refractivity contribution in [1.82, 2.24) is 0 Å². The Balaban J connectivity index is 1.73. The predicted molar refractivity (Wildman–Crippen MR) is 90.6 cm³/mol. The Hall–Kier alpha value is -3.22. The van der Waals surface area contributed by atoms with Gasteiger partial charge in [0.05, 0.1) is 5.71 Å². The van der Waals surface area contributed by atoms with Gasteiger partial charge >= 0.3 is 0 Å². The van der Waals surface area contributed by atoms with Crippen molar-refractivity contribution in [3.8, 4) is 0 Å². The lowest BCUT2D eigenvalue weighted by Gasteiger charge is -2.20. The zero-order chi connectivity index (χ0) is 18.0. The van der Waals surface area contributed by atoms with Crippen LogP contribution in [0.1, 0.15) is 29.3 Å². The molecule has 0 saturated heterocycles. The summed E-state index contributed by atoms with van der Waals surface area (Å²) >= 11 is 0. The number of anilines is 1. The second kappa shape index (κ2) is 6.35. The number of oxime groups is 1. The number of nitrogens with one attached hydrogen (secondary N) is 1. The molecule has 1 aliphatic heterocycles. The van der Waals surface area contributed by atoms with Crippen LogP contribution in [0.2, 0.25) is 0 Å². The number of amides is 2. The Morgan fingerprint density at radius 3 is 2.72 bits per heavy atom. The monoisotopic (exact) mass is 341 g/mol. The third-order valence-electron chi connectivity index (χ3n) is 3.91. The maximum Gasteiger partial charge on any atom is 0.271 e. The van der Waals surface area contributed by atoms with Crippen LogP contribution < -0.4 is 11.1 Å². The molecule has 0 fully saturated rings. The van der Waals surface area contributed by atoms with E-state index < -0.39 is 17.4 Å². The van der Waals surface area contributed by atoms with Crippen molar-refractivity contribution in [3.63, 3.8) is 0 Å². The van der Waals surface area contributed by atoms with Crippen molar-refractivity contribution in [2.24, 2.45) is 10.9 Å². The van der Waals surface area contributed by atoms with Gasteiger partial charge in [-0.3, -0.25) is 9.59 Å². The second-order valence-electron chi connectivity index (χ2n) is 5.95. The molecule has 3 rings (SSSR count). The van der Waals surface area contributed by atoms with Gasteiger partial charge in [-0.2, -0.15) is 0 Å². The van der Waals surface area contributed by atoms with Gasteiger partial charge in [0.25, 0.3) is 5.91 Å². The van der Waals surface area contributed by atoms with Crippen LogP contribution >= 0.6 is 0 Å². The van der Waals surface area contributed by atoms with Crippen LogP contribution in [0.4, 0.5) is 10.1 Å². The molecule has 0 unspecified atom stereocenters. The lowest BCUT2D eigenvalue weighted by molar-refractivity contribution is -0.135. The molecule has 7 heteroatoms. The second-order valence-corrected chi connectivity index (χ2v) is 5.95. The average Bonchev–Trinajstić information content (AvgIpc) is 2.99. The number of halogens is 1. The van der Waals surface area contributed by atoms with Crippen LogP contribution in [0, 0.1) is 5.82 Å². The van der Waals surface area contributed by atoms with E-state index in [2.05, 4.69) is 10.5 Å². The number of hydrogen-bond donors (Lipinski definition) is 2. The number of carbonyl (C=O) groups is 2. The van der Waals surface area contributed by atoms with E-state index >= 15 is 0 Å². The lowest BCUT2D eigenvalue weighted by atomic mass is 9.95. The van der Waals surface area contributed by atoms with Gasteiger partial charge < -0.3 is 15.9 Å². The van der Waals surface area contributed by atoms with E-state index in [0.717, 1.165) is 0 Å². The van der Waals surface area contributed by atoms with Gasteiger partial charge in [-0.1, -0.05) is 23.4 Å². The van der Waals surface area contributed by atoms with E-state index in [-0.39, 0.29) is 17.8 Å². The summed E-state index contributed by atoms with van der Waals surface area (Å²) in [5.74, 6) is -1.40. The third-order valence-corrected chi connectivity index (χ3v) is 3.91. The Labute approximate surface area is 143 Å². The molecule has 6 nitrogen and oxygen atoms in total. The van der Waals surface area contributed by atoms with Crippen LogP contribution in [0.25, 0.3) is 0 Å². The van der Waals surface area contributed by atoms with E-state index in [1.165, 1.54) is 18.2 Å². The molecule has 0 aliphatic carbocycles. The molecule has 128 valence electrons. The van der Waals surface area contributed by atoms with Crippen molar-refractivity contribution in [1.29, 1.82) is 0 Å². The molecule has 0 saturated carbocycles. The highest BCUT2D eigenvalue weighted by Gasteiger charge is 2.42. The molecule has 1 atom stereocenters. The van der Waals surface area contributed by atoms with Crippen LogP contribution in [0.3, 0.4) is 0 Å². The summed E-state index contributed by atoms with van der Waals surface area (Å²) in [7, 11) is 0. The summed E-state index contributed by atoms with van der Waals surface area (Å²) in [6.07, 6.45) is 0.192. The molecular formula is C18H16FN3O3. The number of primary amides is 1. The number of rotatable bonds is 4. The quantitative estimate of drug-likeness (QED) is 0.894. The highest BCUT2D eigenvalue weighted by molar-refractivity contribution is 6.08. The van der Waals surface area contributed by atoms with Crippen LogP contribution in [0.15, 0.2) is 53.7 Å². The van der Waals surface area contributed by atoms with E-state index in [9.17, 15) is 14.0 Å². The molecule has 0 bridgehead atoms. The van der Waals surface area contributed by atoms with Gasteiger partial charge in [-0.05, 0) is 37.3 Å². The van der Waals surface area contributed by atoms with E-state index in [1.54, 1.807) is 37.3 Å². The van der Waals surface area contributed by atoms with Gasteiger partial charge in [0.2, 0.25) is 11.5 Å². The number of nitrogens with two attached hydrogens (primary N) is 1. The molecule has 1 aliphatic rings. The summed E-state index contributed by atoms with van der Waals surface area (Å²) < 4.78 is 13.3. The number of hydrogen-bond acceptors (Lipinski definition) is 4.